The average Bonchev–Trinajstić information content (AvgIpc) is 2.63. The summed E-state index contributed by atoms with van der Waals surface area (Å²) in [6.45, 7) is 2.34. The molecule has 0 bridgehead atoms. The molecule has 1 aromatic heterocycles. The summed E-state index contributed by atoms with van der Waals surface area (Å²) in [4.78, 5) is 3.97. The molecule has 0 spiro atoms. The van der Waals surface area contributed by atoms with Crippen molar-refractivity contribution in [2.75, 3.05) is 33.5 Å². The molecule has 0 fully saturated rings. The van der Waals surface area contributed by atoms with Gasteiger partial charge in [-0.2, -0.15) is 0 Å². The molecule has 0 aliphatic rings. The second kappa shape index (κ2) is 6.82. The molecule has 0 saturated heterocycles. The highest BCUT2D eigenvalue weighted by molar-refractivity contribution is 7.07. The quantitative estimate of drug-likeness (QED) is 0.624. The summed E-state index contributed by atoms with van der Waals surface area (Å²) in [5, 5.41) is 1.86. The fourth-order valence-electron chi connectivity index (χ4n) is 0.722. The first kappa shape index (κ1) is 10.4. The maximum Gasteiger partial charge on any atom is 0.224 e. The number of hydrogen-bond acceptors (Lipinski definition) is 5. The minimum atomic E-state index is 0.535. The summed E-state index contributed by atoms with van der Waals surface area (Å²) in [6, 6.07) is 0. The van der Waals surface area contributed by atoms with Crippen molar-refractivity contribution in [3.8, 4) is 5.88 Å². The predicted octanol–water partition coefficient (Wildman–Crippen LogP) is 1.18. The lowest BCUT2D eigenvalue weighted by atomic mass is 10.7. The molecule has 1 heterocycles. The van der Waals surface area contributed by atoms with Crippen LogP contribution in [0.1, 0.15) is 0 Å². The van der Waals surface area contributed by atoms with Gasteiger partial charge in [0.2, 0.25) is 5.88 Å². The topological polar surface area (TPSA) is 40.6 Å². The van der Waals surface area contributed by atoms with E-state index in [1.54, 1.807) is 12.6 Å². The van der Waals surface area contributed by atoms with Crippen molar-refractivity contribution in [3.63, 3.8) is 0 Å². The molecule has 13 heavy (non-hydrogen) atoms. The molecule has 0 saturated carbocycles. The summed E-state index contributed by atoms with van der Waals surface area (Å²) in [5.41, 5.74) is 1.74. The molecular formula is C8H13NO3S. The van der Waals surface area contributed by atoms with Crippen molar-refractivity contribution in [3.05, 3.63) is 10.9 Å². The zero-order valence-corrected chi connectivity index (χ0v) is 8.38. The third-order valence-corrected chi connectivity index (χ3v) is 1.88. The van der Waals surface area contributed by atoms with Crippen LogP contribution in [0.4, 0.5) is 0 Å². The smallest absolute Gasteiger partial charge is 0.224 e. The Morgan fingerprint density at radius 3 is 2.85 bits per heavy atom. The first-order valence-corrected chi connectivity index (χ1v) is 4.95. The number of rotatable bonds is 7. The van der Waals surface area contributed by atoms with Crippen LogP contribution in [0.2, 0.25) is 0 Å². The van der Waals surface area contributed by atoms with E-state index in [2.05, 4.69) is 4.98 Å². The Hall–Kier alpha value is -0.650. The third kappa shape index (κ3) is 4.82. The van der Waals surface area contributed by atoms with E-state index < -0.39 is 0 Å². The number of nitrogens with zero attached hydrogens (tertiary/aromatic N) is 1. The first-order valence-electron chi connectivity index (χ1n) is 4.01. The van der Waals surface area contributed by atoms with Gasteiger partial charge in [-0.15, -0.1) is 11.3 Å². The van der Waals surface area contributed by atoms with E-state index in [9.17, 15) is 0 Å². The Bertz CT molecular complexity index is 203. The van der Waals surface area contributed by atoms with Crippen LogP contribution in [0.15, 0.2) is 10.9 Å². The summed E-state index contributed by atoms with van der Waals surface area (Å²) in [7, 11) is 1.65. The van der Waals surface area contributed by atoms with Crippen LogP contribution in [0.3, 0.4) is 0 Å². The molecule has 5 heteroatoms. The van der Waals surface area contributed by atoms with E-state index in [0.717, 1.165) is 0 Å². The van der Waals surface area contributed by atoms with Gasteiger partial charge in [0, 0.05) is 7.11 Å². The lowest BCUT2D eigenvalue weighted by molar-refractivity contribution is 0.0538. The molecule has 0 atom stereocenters. The molecule has 4 nitrogen and oxygen atoms in total. The van der Waals surface area contributed by atoms with Gasteiger partial charge in [-0.05, 0) is 0 Å². The maximum atomic E-state index is 5.26. The average molecular weight is 203 g/mol. The Morgan fingerprint density at radius 1 is 1.31 bits per heavy atom. The van der Waals surface area contributed by atoms with E-state index in [1.165, 1.54) is 11.3 Å². The monoisotopic (exact) mass is 203 g/mol. The number of ether oxygens (including phenoxy) is 3. The zero-order valence-electron chi connectivity index (χ0n) is 7.56. The molecule has 1 aromatic rings. The van der Waals surface area contributed by atoms with Gasteiger partial charge in [0.1, 0.15) is 6.61 Å². The van der Waals surface area contributed by atoms with Crippen LogP contribution in [-0.2, 0) is 9.47 Å². The SMILES string of the molecule is COCCOCCOc1cscn1. The fourth-order valence-corrected chi connectivity index (χ4v) is 1.19. The van der Waals surface area contributed by atoms with Crippen LogP contribution in [-0.4, -0.2) is 38.5 Å². The van der Waals surface area contributed by atoms with Crippen molar-refractivity contribution in [1.29, 1.82) is 0 Å². The molecule has 1 rings (SSSR count). The summed E-state index contributed by atoms with van der Waals surface area (Å²) in [5.74, 6) is 0.667. The van der Waals surface area contributed by atoms with E-state index >= 15 is 0 Å². The van der Waals surface area contributed by atoms with Gasteiger partial charge in [-0.3, -0.25) is 0 Å². The van der Waals surface area contributed by atoms with Crippen molar-refractivity contribution in [1.82, 2.24) is 4.98 Å². The fraction of sp³-hybridized carbons (Fsp3) is 0.625. The highest BCUT2D eigenvalue weighted by atomic mass is 32.1. The normalized spacial score (nSPS) is 10.2. The summed E-state index contributed by atoms with van der Waals surface area (Å²) < 4.78 is 15.3. The molecule has 0 radical (unpaired) electrons. The Balaban J connectivity index is 1.90. The van der Waals surface area contributed by atoms with Crippen LogP contribution >= 0.6 is 11.3 Å². The molecule has 0 aliphatic carbocycles. The Morgan fingerprint density at radius 2 is 2.15 bits per heavy atom. The van der Waals surface area contributed by atoms with E-state index in [1.807, 2.05) is 5.38 Å². The first-order chi connectivity index (χ1) is 6.43. The molecule has 0 aromatic carbocycles. The third-order valence-electron chi connectivity index (χ3n) is 1.32. The van der Waals surface area contributed by atoms with Crippen LogP contribution in [0, 0.1) is 0 Å². The van der Waals surface area contributed by atoms with Crippen molar-refractivity contribution in [2.24, 2.45) is 0 Å². The molecule has 74 valence electrons. The van der Waals surface area contributed by atoms with Crippen molar-refractivity contribution >= 4 is 11.3 Å². The number of methoxy groups -OCH3 is 1. The van der Waals surface area contributed by atoms with E-state index in [4.69, 9.17) is 14.2 Å². The lowest BCUT2D eigenvalue weighted by Crippen LogP contribution is -2.09. The highest BCUT2D eigenvalue weighted by Gasteiger charge is 1.94. The van der Waals surface area contributed by atoms with Gasteiger partial charge in [-0.1, -0.05) is 0 Å². The lowest BCUT2D eigenvalue weighted by Gasteiger charge is -2.03. The van der Waals surface area contributed by atoms with Gasteiger partial charge < -0.3 is 14.2 Å². The largest absolute Gasteiger partial charge is 0.475 e. The van der Waals surface area contributed by atoms with Crippen molar-refractivity contribution in [2.45, 2.75) is 0 Å². The predicted molar refractivity (Wildman–Crippen MR) is 50.3 cm³/mol. The second-order valence-electron chi connectivity index (χ2n) is 2.28. The highest BCUT2D eigenvalue weighted by Crippen LogP contribution is 2.08. The standard InChI is InChI=1S/C8H13NO3S/c1-10-2-3-11-4-5-12-8-6-13-7-9-8/h6-7H,2-5H2,1H3. The summed E-state index contributed by atoms with van der Waals surface area (Å²) >= 11 is 1.51. The summed E-state index contributed by atoms with van der Waals surface area (Å²) in [6.07, 6.45) is 0. The number of thiazole rings is 1. The molecule has 0 amide bonds. The zero-order chi connectivity index (χ0) is 9.36. The maximum absolute atomic E-state index is 5.26. The van der Waals surface area contributed by atoms with Gasteiger partial charge in [0.15, 0.2) is 0 Å². The van der Waals surface area contributed by atoms with E-state index in [-0.39, 0.29) is 0 Å². The van der Waals surface area contributed by atoms with Gasteiger partial charge in [-0.25, -0.2) is 4.98 Å². The van der Waals surface area contributed by atoms with E-state index in [0.29, 0.717) is 32.3 Å². The van der Waals surface area contributed by atoms with Crippen LogP contribution in [0.25, 0.3) is 0 Å². The number of aromatic nitrogens is 1. The molecule has 0 unspecified atom stereocenters. The van der Waals surface area contributed by atoms with Crippen LogP contribution in [0.5, 0.6) is 5.88 Å². The Labute approximate surface area is 81.5 Å². The minimum absolute atomic E-state index is 0.535. The second-order valence-corrected chi connectivity index (χ2v) is 3.00. The molecule has 0 aliphatic heterocycles. The number of hydrogen-bond donors (Lipinski definition) is 0. The van der Waals surface area contributed by atoms with Crippen LogP contribution < -0.4 is 4.74 Å². The van der Waals surface area contributed by atoms with Gasteiger partial charge in [0.05, 0.1) is 30.7 Å². The molecule has 0 N–H and O–H groups in total. The minimum Gasteiger partial charge on any atom is -0.475 e. The van der Waals surface area contributed by atoms with Crippen molar-refractivity contribution < 1.29 is 14.2 Å². The Kier molecular flexibility index (Phi) is 5.47. The van der Waals surface area contributed by atoms with Gasteiger partial charge >= 0.3 is 0 Å². The van der Waals surface area contributed by atoms with Gasteiger partial charge in [0.25, 0.3) is 0 Å². The molecular weight excluding hydrogens is 190 g/mol.